The molecule has 0 saturated heterocycles. The first-order valence-electron chi connectivity index (χ1n) is 6.97. The molecular weight excluding hydrogens is 222 g/mol. The van der Waals surface area contributed by atoms with Crippen molar-refractivity contribution in [2.45, 2.75) is 46.5 Å². The third-order valence-electron chi connectivity index (χ3n) is 2.95. The highest BCUT2D eigenvalue weighted by molar-refractivity contribution is 5.78. The van der Waals surface area contributed by atoms with Gasteiger partial charge in [-0.1, -0.05) is 51.5 Å². The van der Waals surface area contributed by atoms with Crippen LogP contribution in [0, 0.1) is 5.92 Å². The Morgan fingerprint density at radius 3 is 2.50 bits per heavy atom. The molecule has 0 saturated carbocycles. The van der Waals surface area contributed by atoms with Crippen LogP contribution in [-0.2, 0) is 17.6 Å². The van der Waals surface area contributed by atoms with Crippen LogP contribution in [0.4, 0.5) is 0 Å². The maximum Gasteiger partial charge on any atom is 0.224 e. The number of carbonyl (C=O) groups excluding carboxylic acids is 1. The molecule has 0 aliphatic heterocycles. The number of benzene rings is 1. The van der Waals surface area contributed by atoms with Gasteiger partial charge in [-0.05, 0) is 29.9 Å². The largest absolute Gasteiger partial charge is 0.356 e. The standard InChI is InChI=1S/C16H25NO/c1-4-5-10-17-16(18)12-15-9-7-6-8-14(15)11-13(2)3/h6-9,13H,4-5,10-12H2,1-3H3,(H,17,18). The van der Waals surface area contributed by atoms with Gasteiger partial charge in [0.1, 0.15) is 0 Å². The van der Waals surface area contributed by atoms with E-state index in [-0.39, 0.29) is 5.91 Å². The number of amides is 1. The number of rotatable bonds is 7. The monoisotopic (exact) mass is 247 g/mol. The lowest BCUT2D eigenvalue weighted by Crippen LogP contribution is -2.26. The van der Waals surface area contributed by atoms with Crippen LogP contribution in [0.2, 0.25) is 0 Å². The maximum atomic E-state index is 11.8. The number of hydrogen-bond acceptors (Lipinski definition) is 1. The fraction of sp³-hybridized carbons (Fsp3) is 0.562. The molecule has 0 fully saturated rings. The lowest BCUT2D eigenvalue weighted by atomic mass is 9.96. The second kappa shape index (κ2) is 7.91. The SMILES string of the molecule is CCCCNC(=O)Cc1ccccc1CC(C)C. The van der Waals surface area contributed by atoms with Crippen LogP contribution in [0.1, 0.15) is 44.7 Å². The summed E-state index contributed by atoms with van der Waals surface area (Å²) in [6, 6.07) is 8.26. The lowest BCUT2D eigenvalue weighted by molar-refractivity contribution is -0.120. The van der Waals surface area contributed by atoms with E-state index in [0.29, 0.717) is 12.3 Å². The van der Waals surface area contributed by atoms with Gasteiger partial charge in [-0.15, -0.1) is 0 Å². The van der Waals surface area contributed by atoms with Crippen LogP contribution in [0.5, 0.6) is 0 Å². The molecule has 1 N–H and O–H groups in total. The van der Waals surface area contributed by atoms with Crippen molar-refractivity contribution in [3.05, 3.63) is 35.4 Å². The van der Waals surface area contributed by atoms with Gasteiger partial charge in [0.2, 0.25) is 5.91 Å². The molecule has 1 aromatic carbocycles. The molecule has 0 unspecified atom stereocenters. The highest BCUT2D eigenvalue weighted by Gasteiger charge is 2.08. The van der Waals surface area contributed by atoms with E-state index in [1.807, 2.05) is 6.07 Å². The van der Waals surface area contributed by atoms with Crippen molar-refractivity contribution in [2.24, 2.45) is 5.92 Å². The fourth-order valence-electron chi connectivity index (χ4n) is 2.01. The Labute approximate surface area is 111 Å². The fourth-order valence-corrected chi connectivity index (χ4v) is 2.01. The minimum atomic E-state index is 0.139. The third-order valence-corrected chi connectivity index (χ3v) is 2.95. The molecule has 0 radical (unpaired) electrons. The normalized spacial score (nSPS) is 10.7. The summed E-state index contributed by atoms with van der Waals surface area (Å²) < 4.78 is 0. The van der Waals surface area contributed by atoms with Crippen LogP contribution in [0.3, 0.4) is 0 Å². The van der Waals surface area contributed by atoms with Crippen molar-refractivity contribution in [3.63, 3.8) is 0 Å². The third kappa shape index (κ3) is 5.35. The highest BCUT2D eigenvalue weighted by atomic mass is 16.1. The van der Waals surface area contributed by atoms with Crippen LogP contribution in [-0.4, -0.2) is 12.5 Å². The van der Waals surface area contributed by atoms with Crippen LogP contribution < -0.4 is 5.32 Å². The van der Waals surface area contributed by atoms with E-state index < -0.39 is 0 Å². The van der Waals surface area contributed by atoms with Crippen molar-refractivity contribution in [1.82, 2.24) is 5.32 Å². The number of nitrogens with one attached hydrogen (secondary N) is 1. The van der Waals surface area contributed by atoms with E-state index in [1.165, 1.54) is 11.1 Å². The van der Waals surface area contributed by atoms with Gasteiger partial charge < -0.3 is 5.32 Å². The molecule has 0 spiro atoms. The Morgan fingerprint density at radius 1 is 1.22 bits per heavy atom. The van der Waals surface area contributed by atoms with E-state index in [0.717, 1.165) is 25.8 Å². The van der Waals surface area contributed by atoms with E-state index in [9.17, 15) is 4.79 Å². The number of unbranched alkanes of at least 4 members (excludes halogenated alkanes) is 1. The average molecular weight is 247 g/mol. The van der Waals surface area contributed by atoms with E-state index in [4.69, 9.17) is 0 Å². The van der Waals surface area contributed by atoms with Gasteiger partial charge in [-0.3, -0.25) is 4.79 Å². The molecule has 0 atom stereocenters. The molecule has 0 bridgehead atoms. The molecule has 1 rings (SSSR count). The van der Waals surface area contributed by atoms with Crippen LogP contribution in [0.25, 0.3) is 0 Å². The molecule has 1 aromatic rings. The van der Waals surface area contributed by atoms with Crippen molar-refractivity contribution in [2.75, 3.05) is 6.54 Å². The van der Waals surface area contributed by atoms with Gasteiger partial charge >= 0.3 is 0 Å². The van der Waals surface area contributed by atoms with E-state index in [2.05, 4.69) is 44.3 Å². The first-order valence-corrected chi connectivity index (χ1v) is 6.97. The zero-order chi connectivity index (χ0) is 13.4. The van der Waals surface area contributed by atoms with Gasteiger partial charge in [-0.25, -0.2) is 0 Å². The minimum Gasteiger partial charge on any atom is -0.356 e. The molecule has 0 aliphatic carbocycles. The summed E-state index contributed by atoms with van der Waals surface area (Å²) in [5.41, 5.74) is 2.47. The van der Waals surface area contributed by atoms with Crippen molar-refractivity contribution >= 4 is 5.91 Å². The average Bonchev–Trinajstić information content (AvgIpc) is 2.31. The summed E-state index contributed by atoms with van der Waals surface area (Å²) in [6.07, 6.45) is 3.72. The minimum absolute atomic E-state index is 0.139. The van der Waals surface area contributed by atoms with Gasteiger partial charge in [0.25, 0.3) is 0 Å². The van der Waals surface area contributed by atoms with Gasteiger partial charge in [0.05, 0.1) is 6.42 Å². The Balaban J connectivity index is 2.57. The predicted octanol–water partition coefficient (Wildman–Crippen LogP) is 3.34. The first kappa shape index (κ1) is 14.7. The molecule has 1 amide bonds. The zero-order valence-corrected chi connectivity index (χ0v) is 11.8. The second-order valence-electron chi connectivity index (χ2n) is 5.25. The molecule has 2 nitrogen and oxygen atoms in total. The van der Waals surface area contributed by atoms with Crippen LogP contribution in [0.15, 0.2) is 24.3 Å². The molecule has 0 aromatic heterocycles. The van der Waals surface area contributed by atoms with Crippen LogP contribution >= 0.6 is 0 Å². The van der Waals surface area contributed by atoms with Gasteiger partial charge in [0.15, 0.2) is 0 Å². The second-order valence-corrected chi connectivity index (χ2v) is 5.25. The van der Waals surface area contributed by atoms with Gasteiger partial charge in [0, 0.05) is 6.54 Å². The summed E-state index contributed by atoms with van der Waals surface area (Å²) in [4.78, 5) is 11.8. The summed E-state index contributed by atoms with van der Waals surface area (Å²) >= 11 is 0. The molecule has 0 aliphatic rings. The number of carbonyl (C=O) groups is 1. The van der Waals surface area contributed by atoms with Gasteiger partial charge in [-0.2, -0.15) is 0 Å². The topological polar surface area (TPSA) is 29.1 Å². The predicted molar refractivity (Wildman–Crippen MR) is 76.6 cm³/mol. The summed E-state index contributed by atoms with van der Waals surface area (Å²) in [5, 5.41) is 2.97. The molecule has 2 heteroatoms. The molecular formula is C16H25NO. The Hall–Kier alpha value is -1.31. The molecule has 100 valence electrons. The van der Waals surface area contributed by atoms with E-state index >= 15 is 0 Å². The van der Waals surface area contributed by atoms with Crippen molar-refractivity contribution in [1.29, 1.82) is 0 Å². The smallest absolute Gasteiger partial charge is 0.224 e. The number of hydrogen-bond donors (Lipinski definition) is 1. The first-order chi connectivity index (χ1) is 8.63. The zero-order valence-electron chi connectivity index (χ0n) is 11.8. The molecule has 18 heavy (non-hydrogen) atoms. The Kier molecular flexibility index (Phi) is 6.48. The molecule has 0 heterocycles. The summed E-state index contributed by atoms with van der Waals surface area (Å²) in [7, 11) is 0. The van der Waals surface area contributed by atoms with Crippen molar-refractivity contribution < 1.29 is 4.79 Å². The Bertz CT molecular complexity index is 371. The summed E-state index contributed by atoms with van der Waals surface area (Å²) in [5.74, 6) is 0.758. The highest BCUT2D eigenvalue weighted by Crippen LogP contribution is 2.14. The maximum absolute atomic E-state index is 11.8. The quantitative estimate of drug-likeness (QED) is 0.736. The van der Waals surface area contributed by atoms with Crippen molar-refractivity contribution in [3.8, 4) is 0 Å². The van der Waals surface area contributed by atoms with E-state index in [1.54, 1.807) is 0 Å². The lowest BCUT2D eigenvalue weighted by Gasteiger charge is -2.11. The Morgan fingerprint density at radius 2 is 1.89 bits per heavy atom. The summed E-state index contributed by atoms with van der Waals surface area (Å²) in [6.45, 7) is 7.34.